The number of aromatic nitrogens is 2. The van der Waals surface area contributed by atoms with Crippen molar-refractivity contribution in [2.45, 2.75) is 20.5 Å². The van der Waals surface area contributed by atoms with E-state index in [4.69, 9.17) is 4.74 Å². The molecular weight excluding hydrogens is 318 g/mol. The average molecular weight is 335 g/mol. The monoisotopic (exact) mass is 335 g/mol. The largest absolute Gasteiger partial charge is 0.454 e. The van der Waals surface area contributed by atoms with Gasteiger partial charge in [-0.05, 0) is 37.3 Å². The summed E-state index contributed by atoms with van der Waals surface area (Å²) in [5.74, 6) is -0.178. The predicted molar refractivity (Wildman–Crippen MR) is 94.1 cm³/mol. The van der Waals surface area contributed by atoms with E-state index in [0.717, 1.165) is 16.6 Å². The lowest BCUT2D eigenvalue weighted by Gasteiger charge is -2.07. The van der Waals surface area contributed by atoms with Crippen LogP contribution in [0.5, 0.6) is 0 Å². The molecule has 0 spiro atoms. The van der Waals surface area contributed by atoms with Gasteiger partial charge in [0.1, 0.15) is 0 Å². The van der Waals surface area contributed by atoms with Crippen molar-refractivity contribution in [3.05, 3.63) is 65.6 Å². The lowest BCUT2D eigenvalue weighted by Crippen LogP contribution is -2.09. The fraction of sp³-hybridized carbons (Fsp3) is 0.158. The van der Waals surface area contributed by atoms with E-state index in [1.807, 2.05) is 31.2 Å². The summed E-state index contributed by atoms with van der Waals surface area (Å²) in [5, 5.41) is 3.62. The summed E-state index contributed by atoms with van der Waals surface area (Å²) in [6, 6.07) is 14.2. The first-order chi connectivity index (χ1) is 12.0. The molecule has 6 nitrogen and oxygen atoms in total. The van der Waals surface area contributed by atoms with E-state index < -0.39 is 5.97 Å². The molecule has 0 saturated heterocycles. The smallest absolute Gasteiger partial charge is 0.338 e. The Bertz CT molecular complexity index is 936. The molecule has 1 aromatic heterocycles. The van der Waals surface area contributed by atoms with Gasteiger partial charge in [-0.25, -0.2) is 14.8 Å². The fourth-order valence-electron chi connectivity index (χ4n) is 2.47. The van der Waals surface area contributed by atoms with Crippen LogP contribution in [0.2, 0.25) is 0 Å². The maximum atomic E-state index is 12.1. The predicted octanol–water partition coefficient (Wildman–Crippen LogP) is 3.25. The van der Waals surface area contributed by atoms with Gasteiger partial charge in [0.2, 0.25) is 5.91 Å². The number of hydrogen-bond donors (Lipinski definition) is 1. The second-order valence-electron chi connectivity index (χ2n) is 5.58. The zero-order chi connectivity index (χ0) is 17.8. The van der Waals surface area contributed by atoms with Crippen molar-refractivity contribution in [2.24, 2.45) is 0 Å². The number of para-hydroxylation sites is 1. The molecule has 0 atom stereocenters. The van der Waals surface area contributed by atoms with Gasteiger partial charge in [-0.2, -0.15) is 0 Å². The standard InChI is InChI=1S/C19H17N3O3/c1-12-16-5-3-4-6-17(16)22-18(20-12)11-25-19(24)14-7-9-15(10-8-14)21-13(2)23/h3-10H,11H2,1-2H3,(H,21,23). The topological polar surface area (TPSA) is 81.2 Å². The van der Waals surface area contributed by atoms with E-state index >= 15 is 0 Å². The van der Waals surface area contributed by atoms with Crippen molar-refractivity contribution >= 4 is 28.5 Å². The van der Waals surface area contributed by atoms with Crippen molar-refractivity contribution in [3.8, 4) is 0 Å². The number of ether oxygens (including phenoxy) is 1. The van der Waals surface area contributed by atoms with E-state index in [-0.39, 0.29) is 12.5 Å². The number of esters is 1. The third-order valence-electron chi connectivity index (χ3n) is 3.61. The SMILES string of the molecule is CC(=O)Nc1ccc(C(=O)OCc2nc(C)c3ccccc3n2)cc1. The maximum Gasteiger partial charge on any atom is 0.338 e. The van der Waals surface area contributed by atoms with Crippen molar-refractivity contribution in [3.63, 3.8) is 0 Å². The van der Waals surface area contributed by atoms with Gasteiger partial charge in [0, 0.05) is 23.7 Å². The Labute approximate surface area is 144 Å². The molecule has 2 aromatic carbocycles. The second-order valence-corrected chi connectivity index (χ2v) is 5.58. The van der Waals surface area contributed by atoms with Gasteiger partial charge in [-0.15, -0.1) is 0 Å². The van der Waals surface area contributed by atoms with Gasteiger partial charge in [-0.1, -0.05) is 18.2 Å². The maximum absolute atomic E-state index is 12.1. The van der Waals surface area contributed by atoms with Crippen LogP contribution in [0, 0.1) is 6.92 Å². The summed E-state index contributed by atoms with van der Waals surface area (Å²) in [6.07, 6.45) is 0. The number of aryl methyl sites for hydroxylation is 1. The van der Waals surface area contributed by atoms with Gasteiger partial charge < -0.3 is 10.1 Å². The number of nitrogens with zero attached hydrogens (tertiary/aromatic N) is 2. The Morgan fingerprint density at radius 3 is 2.48 bits per heavy atom. The highest BCUT2D eigenvalue weighted by Gasteiger charge is 2.10. The lowest BCUT2D eigenvalue weighted by molar-refractivity contribution is -0.114. The number of carbonyl (C=O) groups excluding carboxylic acids is 2. The van der Waals surface area contributed by atoms with Crippen LogP contribution in [-0.2, 0) is 16.1 Å². The summed E-state index contributed by atoms with van der Waals surface area (Å²) < 4.78 is 5.29. The van der Waals surface area contributed by atoms with Crippen molar-refractivity contribution in [2.75, 3.05) is 5.32 Å². The quantitative estimate of drug-likeness (QED) is 0.740. The molecule has 6 heteroatoms. The molecule has 0 aliphatic carbocycles. The van der Waals surface area contributed by atoms with E-state index in [2.05, 4.69) is 15.3 Å². The Kier molecular flexibility index (Phi) is 4.70. The molecule has 3 aromatic rings. The van der Waals surface area contributed by atoms with Gasteiger partial charge >= 0.3 is 5.97 Å². The lowest BCUT2D eigenvalue weighted by atomic mass is 10.2. The number of carbonyl (C=O) groups is 2. The molecule has 0 aliphatic rings. The van der Waals surface area contributed by atoms with E-state index in [1.54, 1.807) is 24.3 Å². The summed E-state index contributed by atoms with van der Waals surface area (Å²) in [7, 11) is 0. The highest BCUT2D eigenvalue weighted by atomic mass is 16.5. The van der Waals surface area contributed by atoms with Crippen molar-refractivity contribution < 1.29 is 14.3 Å². The molecule has 0 fully saturated rings. The van der Waals surface area contributed by atoms with E-state index in [9.17, 15) is 9.59 Å². The molecule has 1 heterocycles. The molecule has 0 aliphatic heterocycles. The van der Waals surface area contributed by atoms with Gasteiger partial charge in [-0.3, -0.25) is 4.79 Å². The van der Waals surface area contributed by atoms with Gasteiger partial charge in [0.05, 0.1) is 11.1 Å². The number of rotatable bonds is 4. The Morgan fingerprint density at radius 1 is 1.04 bits per heavy atom. The first-order valence-electron chi connectivity index (χ1n) is 7.80. The minimum absolute atomic E-state index is 0.00203. The van der Waals surface area contributed by atoms with E-state index in [1.165, 1.54) is 6.92 Å². The Balaban J connectivity index is 1.69. The summed E-state index contributed by atoms with van der Waals surface area (Å²) in [5.41, 5.74) is 2.68. The molecule has 25 heavy (non-hydrogen) atoms. The first-order valence-corrected chi connectivity index (χ1v) is 7.80. The summed E-state index contributed by atoms with van der Waals surface area (Å²) in [6.45, 7) is 3.32. The number of benzene rings is 2. The number of amides is 1. The number of hydrogen-bond acceptors (Lipinski definition) is 5. The molecule has 0 unspecified atom stereocenters. The Hall–Kier alpha value is -3.28. The van der Waals surface area contributed by atoms with Crippen LogP contribution >= 0.6 is 0 Å². The molecular formula is C19H17N3O3. The zero-order valence-electron chi connectivity index (χ0n) is 13.9. The summed E-state index contributed by atoms with van der Waals surface area (Å²) >= 11 is 0. The van der Waals surface area contributed by atoms with Crippen LogP contribution in [0.1, 0.15) is 28.8 Å². The van der Waals surface area contributed by atoms with Crippen molar-refractivity contribution in [1.82, 2.24) is 9.97 Å². The minimum Gasteiger partial charge on any atom is -0.454 e. The molecule has 1 N–H and O–H groups in total. The highest BCUT2D eigenvalue weighted by molar-refractivity contribution is 5.92. The zero-order valence-corrected chi connectivity index (χ0v) is 13.9. The summed E-state index contributed by atoms with van der Waals surface area (Å²) in [4.78, 5) is 31.9. The molecule has 0 radical (unpaired) electrons. The van der Waals surface area contributed by atoms with Crippen LogP contribution < -0.4 is 5.32 Å². The minimum atomic E-state index is -0.469. The number of fused-ring (bicyclic) bond motifs is 1. The number of anilines is 1. The van der Waals surface area contributed by atoms with Crippen LogP contribution in [-0.4, -0.2) is 21.8 Å². The molecule has 3 rings (SSSR count). The van der Waals surface area contributed by atoms with E-state index in [0.29, 0.717) is 17.1 Å². The fourth-order valence-corrected chi connectivity index (χ4v) is 2.47. The molecule has 0 saturated carbocycles. The normalized spacial score (nSPS) is 10.5. The first kappa shape index (κ1) is 16.6. The third kappa shape index (κ3) is 3.98. The van der Waals surface area contributed by atoms with Crippen LogP contribution in [0.3, 0.4) is 0 Å². The highest BCUT2D eigenvalue weighted by Crippen LogP contribution is 2.15. The molecule has 126 valence electrons. The second kappa shape index (κ2) is 7.09. The van der Waals surface area contributed by atoms with Gasteiger partial charge in [0.15, 0.2) is 12.4 Å². The average Bonchev–Trinajstić information content (AvgIpc) is 2.60. The van der Waals surface area contributed by atoms with Gasteiger partial charge in [0.25, 0.3) is 0 Å². The number of nitrogens with one attached hydrogen (secondary N) is 1. The van der Waals surface area contributed by atoms with Crippen LogP contribution in [0.4, 0.5) is 5.69 Å². The van der Waals surface area contributed by atoms with Crippen molar-refractivity contribution in [1.29, 1.82) is 0 Å². The Morgan fingerprint density at radius 2 is 1.76 bits per heavy atom. The third-order valence-corrected chi connectivity index (χ3v) is 3.61. The van der Waals surface area contributed by atoms with Crippen LogP contribution in [0.25, 0.3) is 10.9 Å². The molecule has 1 amide bonds. The molecule has 0 bridgehead atoms. The van der Waals surface area contributed by atoms with Crippen LogP contribution in [0.15, 0.2) is 48.5 Å².